The first-order valence-electron chi connectivity index (χ1n) is 7.10. The average Bonchev–Trinajstić information content (AvgIpc) is 2.90. The summed E-state index contributed by atoms with van der Waals surface area (Å²) in [6.45, 7) is 0.0236. The van der Waals surface area contributed by atoms with Gasteiger partial charge >= 0.3 is 6.09 Å². The summed E-state index contributed by atoms with van der Waals surface area (Å²) in [6, 6.07) is 7.12. The maximum Gasteiger partial charge on any atom is 0.415 e. The van der Waals surface area contributed by atoms with Crippen LogP contribution in [-0.2, 0) is 9.53 Å². The van der Waals surface area contributed by atoms with E-state index in [2.05, 4.69) is 0 Å². The first-order valence-corrected chi connectivity index (χ1v) is 8.25. The van der Waals surface area contributed by atoms with E-state index in [9.17, 15) is 9.59 Å². The molecule has 112 valence electrons. The SMILES string of the molecule is NC(=O)C1COC(=O)N1c1ccc(C2CCSCC2)cc1. The fourth-order valence-electron chi connectivity index (χ4n) is 2.85. The number of amides is 2. The molecule has 2 fully saturated rings. The number of rotatable bonds is 3. The molecule has 5 nitrogen and oxygen atoms in total. The van der Waals surface area contributed by atoms with Crippen LogP contribution in [-0.4, -0.2) is 36.2 Å². The van der Waals surface area contributed by atoms with Gasteiger partial charge in [0.1, 0.15) is 6.61 Å². The van der Waals surface area contributed by atoms with Crippen LogP contribution < -0.4 is 10.6 Å². The quantitative estimate of drug-likeness (QED) is 0.928. The van der Waals surface area contributed by atoms with Gasteiger partial charge in [-0.3, -0.25) is 9.69 Å². The molecule has 0 bridgehead atoms. The van der Waals surface area contributed by atoms with Crippen LogP contribution in [0.1, 0.15) is 24.3 Å². The Morgan fingerprint density at radius 2 is 1.90 bits per heavy atom. The van der Waals surface area contributed by atoms with Gasteiger partial charge in [-0.05, 0) is 48.0 Å². The van der Waals surface area contributed by atoms with Crippen molar-refractivity contribution in [2.45, 2.75) is 24.8 Å². The van der Waals surface area contributed by atoms with E-state index in [1.54, 1.807) is 0 Å². The third kappa shape index (κ3) is 2.85. The summed E-state index contributed by atoms with van der Waals surface area (Å²) in [7, 11) is 0. The number of ether oxygens (including phenoxy) is 1. The number of thioether (sulfide) groups is 1. The zero-order chi connectivity index (χ0) is 14.8. The second kappa shape index (κ2) is 5.97. The van der Waals surface area contributed by atoms with Crippen LogP contribution in [0, 0.1) is 0 Å². The third-order valence-electron chi connectivity index (χ3n) is 4.07. The number of nitrogens with zero attached hydrogens (tertiary/aromatic N) is 1. The van der Waals surface area contributed by atoms with Crippen molar-refractivity contribution in [3.05, 3.63) is 29.8 Å². The molecule has 1 aromatic carbocycles. The Labute approximate surface area is 127 Å². The van der Waals surface area contributed by atoms with Crippen molar-refractivity contribution in [3.63, 3.8) is 0 Å². The number of hydrogen-bond donors (Lipinski definition) is 1. The highest BCUT2D eigenvalue weighted by atomic mass is 32.2. The maximum absolute atomic E-state index is 11.8. The minimum absolute atomic E-state index is 0.0236. The summed E-state index contributed by atoms with van der Waals surface area (Å²) in [5, 5.41) is 0. The molecule has 0 spiro atoms. The van der Waals surface area contributed by atoms with Gasteiger partial charge in [0.05, 0.1) is 0 Å². The number of carbonyl (C=O) groups is 2. The molecule has 1 aromatic rings. The van der Waals surface area contributed by atoms with Crippen LogP contribution in [0.2, 0.25) is 0 Å². The first kappa shape index (κ1) is 14.3. The van der Waals surface area contributed by atoms with Gasteiger partial charge in [-0.15, -0.1) is 0 Å². The standard InChI is InChI=1S/C15H18N2O3S/c16-14(18)13-9-20-15(19)17(13)12-3-1-10(2-4-12)11-5-7-21-8-6-11/h1-4,11,13H,5-9H2,(H2,16,18). The van der Waals surface area contributed by atoms with Crippen molar-refractivity contribution in [2.75, 3.05) is 23.0 Å². The van der Waals surface area contributed by atoms with E-state index in [-0.39, 0.29) is 6.61 Å². The minimum Gasteiger partial charge on any atom is -0.446 e. The zero-order valence-electron chi connectivity index (χ0n) is 11.7. The molecule has 0 radical (unpaired) electrons. The first-order chi connectivity index (χ1) is 10.2. The lowest BCUT2D eigenvalue weighted by Gasteiger charge is -2.23. The molecule has 21 heavy (non-hydrogen) atoms. The van der Waals surface area contributed by atoms with Crippen molar-refractivity contribution in [1.82, 2.24) is 0 Å². The predicted octanol–water partition coefficient (Wildman–Crippen LogP) is 2.11. The second-order valence-corrected chi connectivity index (χ2v) is 6.57. The summed E-state index contributed by atoms with van der Waals surface area (Å²) in [6.07, 6.45) is 1.87. The van der Waals surface area contributed by atoms with E-state index in [0.717, 1.165) is 0 Å². The molecular formula is C15H18N2O3S. The Bertz CT molecular complexity index is 540. The number of nitrogens with two attached hydrogens (primary N) is 1. The zero-order valence-corrected chi connectivity index (χ0v) is 12.5. The Balaban J connectivity index is 1.79. The lowest BCUT2D eigenvalue weighted by Crippen LogP contribution is -2.43. The summed E-state index contributed by atoms with van der Waals surface area (Å²) < 4.78 is 4.92. The predicted molar refractivity (Wildman–Crippen MR) is 82.6 cm³/mol. The van der Waals surface area contributed by atoms with Gasteiger partial charge in [-0.1, -0.05) is 12.1 Å². The van der Waals surface area contributed by atoms with E-state index in [0.29, 0.717) is 11.6 Å². The van der Waals surface area contributed by atoms with Crippen molar-refractivity contribution in [2.24, 2.45) is 5.73 Å². The summed E-state index contributed by atoms with van der Waals surface area (Å²) >= 11 is 2.00. The van der Waals surface area contributed by atoms with Gasteiger partial charge in [0.15, 0.2) is 6.04 Å². The van der Waals surface area contributed by atoms with Gasteiger partial charge < -0.3 is 10.5 Å². The number of cyclic esters (lactones) is 1. The van der Waals surface area contributed by atoms with E-state index in [1.165, 1.54) is 34.8 Å². The number of primary amides is 1. The second-order valence-electron chi connectivity index (χ2n) is 5.34. The van der Waals surface area contributed by atoms with Gasteiger partial charge in [0, 0.05) is 5.69 Å². The molecule has 6 heteroatoms. The smallest absolute Gasteiger partial charge is 0.415 e. The summed E-state index contributed by atoms with van der Waals surface area (Å²) in [5.74, 6) is 2.45. The molecule has 2 aliphatic rings. The van der Waals surface area contributed by atoms with Gasteiger partial charge in [-0.25, -0.2) is 4.79 Å². The monoisotopic (exact) mass is 306 g/mol. The molecule has 2 amide bonds. The summed E-state index contributed by atoms with van der Waals surface area (Å²) in [5.41, 5.74) is 7.28. The molecule has 2 heterocycles. The third-order valence-corrected chi connectivity index (χ3v) is 5.11. The van der Waals surface area contributed by atoms with Gasteiger partial charge in [0.25, 0.3) is 0 Å². The topological polar surface area (TPSA) is 72.6 Å². The van der Waals surface area contributed by atoms with E-state index in [4.69, 9.17) is 10.5 Å². The molecule has 2 N–H and O–H groups in total. The van der Waals surface area contributed by atoms with Crippen LogP contribution in [0.25, 0.3) is 0 Å². The Morgan fingerprint density at radius 3 is 2.52 bits per heavy atom. The van der Waals surface area contributed by atoms with Crippen LogP contribution in [0.3, 0.4) is 0 Å². The van der Waals surface area contributed by atoms with Crippen molar-refractivity contribution >= 4 is 29.4 Å². The molecule has 2 aliphatic heterocycles. The fourth-order valence-corrected chi connectivity index (χ4v) is 3.96. The molecule has 0 aromatic heterocycles. The highest BCUT2D eigenvalue weighted by molar-refractivity contribution is 7.99. The van der Waals surface area contributed by atoms with Crippen LogP contribution in [0.15, 0.2) is 24.3 Å². The molecule has 2 saturated heterocycles. The molecule has 1 unspecified atom stereocenters. The highest BCUT2D eigenvalue weighted by Crippen LogP contribution is 2.33. The lowest BCUT2D eigenvalue weighted by molar-refractivity contribution is -0.119. The van der Waals surface area contributed by atoms with Crippen molar-refractivity contribution < 1.29 is 14.3 Å². The van der Waals surface area contributed by atoms with Crippen molar-refractivity contribution in [3.8, 4) is 0 Å². The average molecular weight is 306 g/mol. The molecular weight excluding hydrogens is 288 g/mol. The Morgan fingerprint density at radius 1 is 1.24 bits per heavy atom. The number of hydrogen-bond acceptors (Lipinski definition) is 4. The normalized spacial score (nSPS) is 23.1. The molecule has 1 atom stereocenters. The van der Waals surface area contributed by atoms with Crippen LogP contribution >= 0.6 is 11.8 Å². The van der Waals surface area contributed by atoms with Crippen LogP contribution in [0.5, 0.6) is 0 Å². The van der Waals surface area contributed by atoms with Crippen LogP contribution in [0.4, 0.5) is 10.5 Å². The minimum atomic E-state index is -0.713. The Kier molecular flexibility index (Phi) is 4.05. The molecule has 0 aliphatic carbocycles. The lowest BCUT2D eigenvalue weighted by atomic mass is 9.93. The van der Waals surface area contributed by atoms with E-state index >= 15 is 0 Å². The summed E-state index contributed by atoms with van der Waals surface area (Å²) in [4.78, 5) is 24.5. The maximum atomic E-state index is 11.8. The van der Waals surface area contributed by atoms with E-state index in [1.807, 2.05) is 36.0 Å². The van der Waals surface area contributed by atoms with Gasteiger partial charge in [-0.2, -0.15) is 11.8 Å². The fraction of sp³-hybridized carbons (Fsp3) is 0.467. The molecule has 0 saturated carbocycles. The van der Waals surface area contributed by atoms with Gasteiger partial charge in [0.2, 0.25) is 5.91 Å². The molecule has 3 rings (SSSR count). The van der Waals surface area contributed by atoms with E-state index < -0.39 is 18.0 Å². The van der Waals surface area contributed by atoms with Crippen molar-refractivity contribution in [1.29, 1.82) is 0 Å². The largest absolute Gasteiger partial charge is 0.446 e. The highest BCUT2D eigenvalue weighted by Gasteiger charge is 2.38. The number of carbonyl (C=O) groups excluding carboxylic acids is 2. The number of anilines is 1. The Hall–Kier alpha value is -1.69. The number of benzene rings is 1.